The van der Waals surface area contributed by atoms with Gasteiger partial charge in [-0.05, 0) is 0 Å². The van der Waals surface area contributed by atoms with Crippen LogP contribution in [-0.4, -0.2) is 0 Å². The van der Waals surface area contributed by atoms with E-state index in [1.165, 1.54) is 38.5 Å². The van der Waals surface area contributed by atoms with E-state index >= 15 is 0 Å². The first-order chi connectivity index (χ1) is 6.12. The summed E-state index contributed by atoms with van der Waals surface area (Å²) >= 11 is 4.16. The summed E-state index contributed by atoms with van der Waals surface area (Å²) in [7, 11) is 0. The Morgan fingerprint density at radius 2 is 1.15 bits per heavy atom. The molecule has 0 unspecified atom stereocenters. The van der Waals surface area contributed by atoms with E-state index < -0.39 is 11.9 Å². The molecule has 0 nitrogen and oxygen atoms in total. The van der Waals surface area contributed by atoms with Gasteiger partial charge >= 0.3 is 109 Å². The topological polar surface area (TPSA) is 0 Å². The molecule has 0 aliphatic rings. The predicted molar refractivity (Wildman–Crippen MR) is 76.7 cm³/mol. The normalized spacial score (nSPS) is 12.0. The van der Waals surface area contributed by atoms with Crippen LogP contribution in [0.15, 0.2) is 0 Å². The van der Waals surface area contributed by atoms with E-state index in [9.17, 15) is 0 Å². The summed E-state index contributed by atoms with van der Waals surface area (Å²) < 4.78 is 3.21. The van der Waals surface area contributed by atoms with E-state index in [1.54, 1.807) is 8.26 Å². The van der Waals surface area contributed by atoms with Gasteiger partial charge in [0.25, 0.3) is 0 Å². The molecular weight excluding hydrogens is 465 g/mol. The Morgan fingerprint density at radius 3 is 1.46 bits per heavy atom. The van der Waals surface area contributed by atoms with E-state index in [1.807, 2.05) is 0 Å². The van der Waals surface area contributed by atoms with Gasteiger partial charge < -0.3 is 0 Å². The van der Waals surface area contributed by atoms with E-state index in [-0.39, 0.29) is 0 Å². The Hall–Kier alpha value is 2.34. The molecule has 0 atom stereocenters. The quantitative estimate of drug-likeness (QED) is 0.289. The number of hydrogen-bond donors (Lipinski definition) is 0. The molecule has 3 heteroatoms. The number of unbranched alkanes of at least 4 members (excludes halogenated alkanes) is 4. The maximum atomic E-state index is 2.85. The number of rotatable bonds is 8. The molecule has 0 aliphatic carbocycles. The van der Waals surface area contributed by atoms with Gasteiger partial charge in [-0.3, -0.25) is 0 Å². The third kappa shape index (κ3) is 10.6. The van der Waals surface area contributed by atoms with Crippen molar-refractivity contribution in [2.45, 2.75) is 60.6 Å². The number of halogens is 2. The van der Waals surface area contributed by atoms with Gasteiger partial charge in [-0.2, -0.15) is 0 Å². The van der Waals surface area contributed by atoms with Crippen LogP contribution in [0.5, 0.6) is 0 Å². The minimum absolute atomic E-state index is 1.38. The Morgan fingerprint density at radius 1 is 0.769 bits per heavy atom. The summed E-state index contributed by atoms with van der Waals surface area (Å²) in [5.41, 5.74) is 0. The zero-order valence-corrected chi connectivity index (χ0v) is 15.7. The Balaban J connectivity index is 3.42. The summed E-state index contributed by atoms with van der Waals surface area (Å²) in [5.74, 6) is 0. The summed E-state index contributed by atoms with van der Waals surface area (Å²) in [6.07, 6.45) is 8.68. The van der Waals surface area contributed by atoms with Crippen molar-refractivity contribution in [2.24, 2.45) is 0 Å². The SMILES string of the molecule is CCCC[CH2][Zr]([I])([I])[CH2]CCCC. The molecule has 0 aliphatic heterocycles. The van der Waals surface area contributed by atoms with Crippen LogP contribution in [0.3, 0.4) is 0 Å². The van der Waals surface area contributed by atoms with E-state index in [0.29, 0.717) is 0 Å². The molecule has 13 heavy (non-hydrogen) atoms. The molecule has 0 fully saturated rings. The average Bonchev–Trinajstić information content (AvgIpc) is 2.05. The fourth-order valence-corrected chi connectivity index (χ4v) is 14.8. The molecule has 0 amide bonds. The van der Waals surface area contributed by atoms with Crippen molar-refractivity contribution in [3.8, 4) is 0 Å². The molecule has 80 valence electrons. The molecule has 0 spiro atoms. The van der Waals surface area contributed by atoms with E-state index in [4.69, 9.17) is 0 Å². The molecule has 0 radical (unpaired) electrons. The first-order valence-electron chi connectivity index (χ1n) is 5.50. The van der Waals surface area contributed by atoms with Crippen LogP contribution in [0.2, 0.25) is 8.26 Å². The van der Waals surface area contributed by atoms with Crippen molar-refractivity contribution in [2.75, 3.05) is 0 Å². The molecule has 0 aromatic rings. The van der Waals surface area contributed by atoms with Crippen LogP contribution in [-0.2, 0) is 11.9 Å². The average molecular weight is 487 g/mol. The third-order valence-corrected chi connectivity index (χ3v) is 20.4. The third-order valence-electron chi connectivity index (χ3n) is 2.29. The van der Waals surface area contributed by atoms with Crippen molar-refractivity contribution < 1.29 is 11.9 Å². The zero-order valence-electron chi connectivity index (χ0n) is 8.91. The van der Waals surface area contributed by atoms with Crippen molar-refractivity contribution in [1.82, 2.24) is 0 Å². The van der Waals surface area contributed by atoms with Gasteiger partial charge in [-0.15, -0.1) is 0 Å². The zero-order chi connectivity index (χ0) is 10.2. The van der Waals surface area contributed by atoms with Crippen molar-refractivity contribution in [1.29, 1.82) is 0 Å². The fraction of sp³-hybridized carbons (Fsp3) is 1.00. The monoisotopic (exact) mass is 486 g/mol. The van der Waals surface area contributed by atoms with Crippen LogP contribution in [0.1, 0.15) is 52.4 Å². The first kappa shape index (κ1) is 15.3. The predicted octanol–water partition coefficient (Wildman–Crippen LogP) is 6.06. The van der Waals surface area contributed by atoms with Gasteiger partial charge in [-0.25, -0.2) is 0 Å². The standard InChI is InChI=1S/2C5H11.2HI.Zr/c2*1-3-5-4-2;;;/h2*1,3-5H2,2H3;2*1H;/q;;;;+2/p-2. The molecule has 0 heterocycles. The van der Waals surface area contributed by atoms with Crippen molar-refractivity contribution in [3.63, 3.8) is 0 Å². The summed E-state index contributed by atoms with van der Waals surface area (Å²) in [5, 5.41) is 0. The van der Waals surface area contributed by atoms with Gasteiger partial charge in [0.1, 0.15) is 0 Å². The van der Waals surface area contributed by atoms with Gasteiger partial charge in [-0.1, -0.05) is 0 Å². The molecule has 0 saturated carbocycles. The number of hydrogen-bond acceptors (Lipinski definition) is 0. The Labute approximate surface area is 107 Å². The van der Waals surface area contributed by atoms with Crippen molar-refractivity contribution in [3.05, 3.63) is 0 Å². The molecule has 0 rings (SSSR count). The van der Waals surface area contributed by atoms with Crippen molar-refractivity contribution >= 4 is 36.1 Å². The van der Waals surface area contributed by atoms with E-state index in [0.717, 1.165) is 0 Å². The van der Waals surface area contributed by atoms with Crippen LogP contribution < -0.4 is 0 Å². The molecule has 0 aromatic carbocycles. The van der Waals surface area contributed by atoms with Crippen LogP contribution >= 0.6 is 36.1 Å². The van der Waals surface area contributed by atoms with Gasteiger partial charge in [0, 0.05) is 0 Å². The summed E-state index contributed by atoms with van der Waals surface area (Å²) in [6.45, 7) is 4.60. The molecule has 0 saturated heterocycles. The maximum absolute atomic E-state index is 2.85. The molecular formula is C10H22I2Zr. The van der Waals surface area contributed by atoms with E-state index in [2.05, 4.69) is 49.9 Å². The second kappa shape index (κ2) is 9.56. The minimum atomic E-state index is -1.54. The molecule has 0 N–H and O–H groups in total. The molecule has 0 bridgehead atoms. The second-order valence-electron chi connectivity index (χ2n) is 3.77. The Bertz CT molecular complexity index is 103. The first-order valence-corrected chi connectivity index (χ1v) is 23.6. The van der Waals surface area contributed by atoms with Gasteiger partial charge in [0.05, 0.1) is 0 Å². The molecule has 0 aromatic heterocycles. The summed E-state index contributed by atoms with van der Waals surface area (Å²) in [6, 6.07) is 0. The van der Waals surface area contributed by atoms with Gasteiger partial charge in [0.15, 0.2) is 0 Å². The second-order valence-corrected chi connectivity index (χ2v) is 47.1. The van der Waals surface area contributed by atoms with Crippen LogP contribution in [0, 0.1) is 0 Å². The van der Waals surface area contributed by atoms with Crippen LogP contribution in [0.25, 0.3) is 0 Å². The van der Waals surface area contributed by atoms with Crippen LogP contribution in [0.4, 0.5) is 0 Å². The Kier molecular flexibility index (Phi) is 11.3. The summed E-state index contributed by atoms with van der Waals surface area (Å²) in [4.78, 5) is 0. The van der Waals surface area contributed by atoms with Gasteiger partial charge in [0.2, 0.25) is 0 Å². The fourth-order valence-electron chi connectivity index (χ4n) is 1.39.